The first-order valence-electron chi connectivity index (χ1n) is 13.5. The first-order chi connectivity index (χ1) is 19.5. The van der Waals surface area contributed by atoms with Crippen LogP contribution in [-0.4, -0.2) is 58.0 Å². The maximum atomic E-state index is 14.1. The fraction of sp³-hybridized carbons (Fsp3) is 0.355. The van der Waals surface area contributed by atoms with Crippen LogP contribution in [0, 0.1) is 6.92 Å². The molecule has 0 fully saturated rings. The van der Waals surface area contributed by atoms with E-state index in [0.717, 1.165) is 21.9 Å². The minimum absolute atomic E-state index is 0.0120. The fourth-order valence-electron chi connectivity index (χ4n) is 4.17. The van der Waals surface area contributed by atoms with Gasteiger partial charge >= 0.3 is 0 Å². The number of nitrogens with one attached hydrogen (secondary N) is 1. The van der Waals surface area contributed by atoms with Crippen molar-refractivity contribution in [3.8, 4) is 11.5 Å². The number of methoxy groups -OCH3 is 2. The molecule has 2 atom stereocenters. The molecule has 41 heavy (non-hydrogen) atoms. The van der Waals surface area contributed by atoms with Crippen LogP contribution in [0.1, 0.15) is 38.3 Å². The number of sulfonamides is 1. The Kier molecular flexibility index (Phi) is 10.8. The van der Waals surface area contributed by atoms with Gasteiger partial charge in [0.1, 0.15) is 24.1 Å². The Balaban J connectivity index is 2.10. The van der Waals surface area contributed by atoms with Crippen LogP contribution >= 0.6 is 0 Å². The molecule has 1 N–H and O–H groups in total. The van der Waals surface area contributed by atoms with Crippen LogP contribution in [0.4, 0.5) is 5.69 Å². The van der Waals surface area contributed by atoms with Gasteiger partial charge in [0.25, 0.3) is 10.0 Å². The van der Waals surface area contributed by atoms with Gasteiger partial charge in [-0.25, -0.2) is 8.42 Å². The van der Waals surface area contributed by atoms with E-state index < -0.39 is 28.5 Å². The van der Waals surface area contributed by atoms with Crippen LogP contribution in [0.2, 0.25) is 0 Å². The molecule has 0 aliphatic rings. The largest absolute Gasteiger partial charge is 0.497 e. The maximum Gasteiger partial charge on any atom is 0.264 e. The molecule has 0 aliphatic heterocycles. The molecule has 10 heteroatoms. The summed E-state index contributed by atoms with van der Waals surface area (Å²) in [7, 11) is -1.36. The van der Waals surface area contributed by atoms with Gasteiger partial charge in [-0.05, 0) is 57.0 Å². The van der Waals surface area contributed by atoms with Crippen LogP contribution < -0.4 is 19.1 Å². The van der Waals surface area contributed by atoms with Crippen LogP contribution in [0.5, 0.6) is 11.5 Å². The van der Waals surface area contributed by atoms with Gasteiger partial charge in [-0.2, -0.15) is 0 Å². The molecule has 3 rings (SSSR count). The summed E-state index contributed by atoms with van der Waals surface area (Å²) < 4.78 is 40.1. The monoisotopic (exact) mass is 581 g/mol. The number of rotatable bonds is 13. The van der Waals surface area contributed by atoms with E-state index in [-0.39, 0.29) is 34.8 Å². The summed E-state index contributed by atoms with van der Waals surface area (Å²) in [6, 6.07) is 19.4. The molecule has 0 saturated carbocycles. The third-order valence-corrected chi connectivity index (χ3v) is 8.68. The number of ether oxygens (including phenoxy) is 2. The molecular formula is C31H39N3O6S. The number of hydrogen-bond donors (Lipinski definition) is 1. The zero-order valence-electron chi connectivity index (χ0n) is 24.5. The van der Waals surface area contributed by atoms with E-state index in [2.05, 4.69) is 5.32 Å². The lowest BCUT2D eigenvalue weighted by atomic mass is 10.1. The molecule has 0 unspecified atom stereocenters. The lowest BCUT2D eigenvalue weighted by Gasteiger charge is -2.33. The molecule has 220 valence electrons. The van der Waals surface area contributed by atoms with Crippen molar-refractivity contribution in [1.29, 1.82) is 0 Å². The second kappa shape index (κ2) is 14.0. The number of amides is 2. The predicted molar refractivity (Wildman–Crippen MR) is 160 cm³/mol. The van der Waals surface area contributed by atoms with Crippen molar-refractivity contribution in [3.63, 3.8) is 0 Å². The van der Waals surface area contributed by atoms with E-state index in [0.29, 0.717) is 5.75 Å². The zero-order valence-corrected chi connectivity index (χ0v) is 25.3. The minimum Gasteiger partial charge on any atom is -0.497 e. The van der Waals surface area contributed by atoms with Crippen molar-refractivity contribution in [2.24, 2.45) is 0 Å². The van der Waals surface area contributed by atoms with E-state index >= 15 is 0 Å². The third-order valence-electron chi connectivity index (χ3n) is 6.91. The van der Waals surface area contributed by atoms with E-state index in [1.165, 1.54) is 37.3 Å². The smallest absolute Gasteiger partial charge is 0.264 e. The SMILES string of the molecule is CC[C@@H](C)NC(=O)[C@@H](C)N(Cc1ccccc1)C(=O)CN(c1cc(OC)ccc1OC)S(=O)(=O)c1ccc(C)cc1. The van der Waals surface area contributed by atoms with Gasteiger partial charge in [-0.3, -0.25) is 13.9 Å². The van der Waals surface area contributed by atoms with Crippen molar-refractivity contribution < 1.29 is 27.5 Å². The summed E-state index contributed by atoms with van der Waals surface area (Å²) >= 11 is 0. The Hall–Kier alpha value is -4.05. The fourth-order valence-corrected chi connectivity index (χ4v) is 5.59. The van der Waals surface area contributed by atoms with Crippen LogP contribution in [0.15, 0.2) is 77.7 Å². The van der Waals surface area contributed by atoms with Gasteiger partial charge < -0.3 is 19.7 Å². The molecule has 2 amide bonds. The Morgan fingerprint density at radius 2 is 1.59 bits per heavy atom. The average Bonchev–Trinajstić information content (AvgIpc) is 2.98. The van der Waals surface area contributed by atoms with Crippen LogP contribution in [-0.2, 0) is 26.2 Å². The summed E-state index contributed by atoms with van der Waals surface area (Å²) in [6.45, 7) is 6.88. The molecule has 0 radical (unpaired) electrons. The molecular weight excluding hydrogens is 542 g/mol. The number of anilines is 1. The molecule has 3 aromatic carbocycles. The third kappa shape index (κ3) is 7.79. The topological polar surface area (TPSA) is 105 Å². The molecule has 3 aromatic rings. The standard InChI is InChI=1S/C31H39N3O6S/c1-7-23(3)32-31(36)24(4)33(20-25-11-9-8-10-12-25)30(35)21-34(28-19-26(39-5)15-18-29(28)40-6)41(37,38)27-16-13-22(2)14-17-27/h8-19,23-24H,7,20-21H2,1-6H3,(H,32,36)/t23-,24-/m1/s1. The first kappa shape index (κ1) is 31.5. The van der Waals surface area contributed by atoms with Gasteiger partial charge in [-0.1, -0.05) is 55.0 Å². The van der Waals surface area contributed by atoms with E-state index in [9.17, 15) is 18.0 Å². The summed E-state index contributed by atoms with van der Waals surface area (Å²) in [5.74, 6) is -0.247. The van der Waals surface area contributed by atoms with Gasteiger partial charge in [-0.15, -0.1) is 0 Å². The quantitative estimate of drug-likeness (QED) is 0.318. The summed E-state index contributed by atoms with van der Waals surface area (Å²) in [5.41, 5.74) is 1.83. The Bertz CT molecular complexity index is 1430. The Morgan fingerprint density at radius 1 is 0.927 bits per heavy atom. The summed E-state index contributed by atoms with van der Waals surface area (Å²) in [6.07, 6.45) is 0.725. The second-order valence-corrected chi connectivity index (χ2v) is 11.7. The number of carbonyl (C=O) groups excluding carboxylic acids is 2. The molecule has 0 aromatic heterocycles. The van der Waals surface area contributed by atoms with Gasteiger partial charge in [0.15, 0.2) is 0 Å². The Labute approximate surface area is 243 Å². The van der Waals surface area contributed by atoms with Crippen molar-refractivity contribution in [3.05, 3.63) is 83.9 Å². The number of aryl methyl sites for hydroxylation is 1. The number of hydrogen-bond acceptors (Lipinski definition) is 6. The lowest BCUT2D eigenvalue weighted by Crippen LogP contribution is -2.52. The van der Waals surface area contributed by atoms with Gasteiger partial charge in [0.05, 0.1) is 24.8 Å². The van der Waals surface area contributed by atoms with Crippen molar-refractivity contribution >= 4 is 27.5 Å². The molecule has 0 aliphatic carbocycles. The number of carbonyl (C=O) groups is 2. The molecule has 0 spiro atoms. The lowest BCUT2D eigenvalue weighted by molar-refractivity contribution is -0.139. The van der Waals surface area contributed by atoms with Crippen molar-refractivity contribution in [1.82, 2.24) is 10.2 Å². The second-order valence-electron chi connectivity index (χ2n) is 9.86. The minimum atomic E-state index is -4.25. The highest BCUT2D eigenvalue weighted by atomic mass is 32.2. The summed E-state index contributed by atoms with van der Waals surface area (Å²) in [5, 5.41) is 2.93. The highest BCUT2D eigenvalue weighted by molar-refractivity contribution is 7.92. The maximum absolute atomic E-state index is 14.1. The van der Waals surface area contributed by atoms with Crippen LogP contribution in [0.3, 0.4) is 0 Å². The average molecular weight is 582 g/mol. The van der Waals surface area contributed by atoms with Crippen molar-refractivity contribution in [2.45, 2.75) is 57.6 Å². The summed E-state index contributed by atoms with van der Waals surface area (Å²) in [4.78, 5) is 28.7. The number of nitrogens with zero attached hydrogens (tertiary/aromatic N) is 2. The normalized spacial score (nSPS) is 12.6. The Morgan fingerprint density at radius 3 is 2.17 bits per heavy atom. The van der Waals surface area contributed by atoms with Gasteiger partial charge in [0, 0.05) is 18.7 Å². The predicted octanol–water partition coefficient (Wildman–Crippen LogP) is 4.54. The van der Waals surface area contributed by atoms with E-state index in [1.54, 1.807) is 31.2 Å². The van der Waals surface area contributed by atoms with E-state index in [1.807, 2.05) is 51.1 Å². The zero-order chi connectivity index (χ0) is 30.2. The van der Waals surface area contributed by atoms with E-state index in [4.69, 9.17) is 9.47 Å². The molecule has 9 nitrogen and oxygen atoms in total. The number of benzene rings is 3. The highest BCUT2D eigenvalue weighted by Gasteiger charge is 2.34. The first-order valence-corrected chi connectivity index (χ1v) is 14.9. The molecule has 0 heterocycles. The van der Waals surface area contributed by atoms with Gasteiger partial charge in [0.2, 0.25) is 11.8 Å². The van der Waals surface area contributed by atoms with Crippen LogP contribution in [0.25, 0.3) is 0 Å². The molecule has 0 saturated heterocycles. The molecule has 0 bridgehead atoms. The van der Waals surface area contributed by atoms with Crippen molar-refractivity contribution in [2.75, 3.05) is 25.1 Å². The highest BCUT2D eigenvalue weighted by Crippen LogP contribution is 2.36.